The first-order chi connectivity index (χ1) is 54.9. The van der Waals surface area contributed by atoms with Crippen molar-refractivity contribution < 1.29 is 0 Å². The third kappa shape index (κ3) is 10.5. The summed E-state index contributed by atoms with van der Waals surface area (Å²) in [6.07, 6.45) is 4.20. The Hall–Kier alpha value is -12.9. The summed E-state index contributed by atoms with van der Waals surface area (Å²) < 4.78 is 7.11. The molecule has 5 heteroatoms. The SMILES string of the molecule is CC1(C)c2ccccc2-c2ccc(-c3ccc(-c4ccc5c(c4)c4cc(-c6ccc(-c7ccc8c(c7)C(C)(C)c7ccccc7-8)cc6)ccc4n5-c4ccc(C5=CC=C(N(c6ccc(-c7ccc8c(c7)C(C)(C)c7ccccc7-8)cc6)c6ccc(-c7ccc8c(c7)C(C)(C)c7ccccc7-8)cc6)C(=NS)C5=N)cc4)cc3)cc21. The molecule has 0 saturated carbocycles. The van der Waals surface area contributed by atoms with Gasteiger partial charge in [-0.2, -0.15) is 0 Å². The number of rotatable bonds is 11. The lowest BCUT2D eigenvalue weighted by atomic mass is 9.81. The molecule has 0 radical (unpaired) electrons. The van der Waals surface area contributed by atoms with E-state index < -0.39 is 0 Å². The number of benzene rings is 15. The Bertz CT molecular complexity index is 6470. The van der Waals surface area contributed by atoms with Gasteiger partial charge in [-0.05, 0) is 271 Å². The maximum absolute atomic E-state index is 10.2. The number of nitrogens with one attached hydrogen (secondary N) is 1. The van der Waals surface area contributed by atoms with Crippen LogP contribution in [0.3, 0.4) is 0 Å². The smallest absolute Gasteiger partial charge is 0.121 e. The molecular formula is C108H82N4S. The van der Waals surface area contributed by atoms with Crippen LogP contribution in [-0.4, -0.2) is 16.0 Å². The molecule has 0 atom stereocenters. The first-order valence-electron chi connectivity index (χ1n) is 39.5. The molecule has 0 aliphatic heterocycles. The molecule has 1 N–H and O–H groups in total. The van der Waals surface area contributed by atoms with Crippen molar-refractivity contribution in [1.82, 2.24) is 4.57 Å². The molecule has 21 rings (SSSR count). The number of fused-ring (bicyclic) bond motifs is 15. The molecule has 0 amide bonds. The number of hydrogen-bond acceptors (Lipinski definition) is 4. The molecule has 5 aliphatic carbocycles. The van der Waals surface area contributed by atoms with Crippen molar-refractivity contribution in [3.63, 3.8) is 0 Å². The van der Waals surface area contributed by atoms with Crippen LogP contribution in [0.5, 0.6) is 0 Å². The molecule has 1 heterocycles. The Morgan fingerprint density at radius 3 is 0.858 bits per heavy atom. The number of hydrogen-bond donors (Lipinski definition) is 2. The Morgan fingerprint density at radius 1 is 0.274 bits per heavy atom. The Morgan fingerprint density at radius 2 is 0.540 bits per heavy atom. The number of anilines is 2. The second kappa shape index (κ2) is 25.3. The largest absolute Gasteiger partial charge is 0.309 e. The van der Waals surface area contributed by atoms with E-state index in [1.807, 2.05) is 0 Å². The second-order valence-electron chi connectivity index (χ2n) is 33.6. The lowest BCUT2D eigenvalue weighted by Gasteiger charge is -2.31. The summed E-state index contributed by atoms with van der Waals surface area (Å²) in [5, 5.41) is 12.5. The maximum atomic E-state index is 10.2. The van der Waals surface area contributed by atoms with E-state index in [0.29, 0.717) is 5.71 Å². The minimum Gasteiger partial charge on any atom is -0.309 e. The summed E-state index contributed by atoms with van der Waals surface area (Å²) in [4.78, 5) is 2.23. The molecule has 0 bridgehead atoms. The number of allylic oxidation sites excluding steroid dienone is 4. The summed E-state index contributed by atoms with van der Waals surface area (Å²) in [5.74, 6) is 0. The molecule has 113 heavy (non-hydrogen) atoms. The normalized spacial score (nSPS) is 15.5. The number of thiol groups is 1. The zero-order valence-electron chi connectivity index (χ0n) is 64.6. The molecule has 15 aromatic carbocycles. The lowest BCUT2D eigenvalue weighted by molar-refractivity contribution is 0.660. The molecule has 0 spiro atoms. The van der Waals surface area contributed by atoms with E-state index in [4.69, 9.17) is 17.2 Å². The molecular weight excluding hydrogens is 1390 g/mol. The van der Waals surface area contributed by atoms with Gasteiger partial charge in [-0.15, -0.1) is 0 Å². The van der Waals surface area contributed by atoms with Crippen molar-refractivity contribution in [2.24, 2.45) is 4.40 Å². The minimum atomic E-state index is -0.121. The summed E-state index contributed by atoms with van der Waals surface area (Å²) in [6.45, 7) is 18.8. The van der Waals surface area contributed by atoms with Gasteiger partial charge >= 0.3 is 0 Å². The Kier molecular flexibility index (Phi) is 15.3. The molecule has 0 unspecified atom stereocenters. The third-order valence-electron chi connectivity index (χ3n) is 26.1. The number of aromatic nitrogens is 1. The Balaban J connectivity index is 0.630. The number of nitrogens with zero attached hydrogens (tertiary/aromatic N) is 3. The predicted octanol–water partition coefficient (Wildman–Crippen LogP) is 28.4. The van der Waals surface area contributed by atoms with Crippen molar-refractivity contribution in [3.05, 3.63) is 396 Å². The van der Waals surface area contributed by atoms with Gasteiger partial charge in [0.05, 0.1) is 22.4 Å². The fourth-order valence-corrected chi connectivity index (χ4v) is 20.0. The van der Waals surface area contributed by atoms with Crippen LogP contribution in [0.1, 0.15) is 105 Å². The standard InChI is InChI=1S/C108H82N4S/c1-105(2)92-21-13-9-17-82(92)86-51-39-74(61-96(86)105)67-29-25-65(26-30-67)72-43-56-100-90(59-72)91-60-73(66-27-31-68(32-28-66)75-40-52-87-83-18-10-14-22-93(83)106(3,4)97(87)62-75)44-57-101(91)112(100)80-49-37-71(38-50-80)81-55-58-102(104(110-113)103(81)109)111(78-45-33-69(34-46-78)76-41-53-88-84-19-11-15-23-94(84)107(5,6)98(88)63-76)79-47-35-70(36-48-79)77-42-54-89-85-20-12-16-24-95(85)108(7,8)99(89)64-77/h9-64,109,113H,1-8H3. The molecule has 0 fully saturated rings. The average Bonchev–Trinajstić information content (AvgIpc) is 1.48. The Labute approximate surface area is 667 Å². The van der Waals surface area contributed by atoms with Crippen LogP contribution in [0.4, 0.5) is 11.4 Å². The van der Waals surface area contributed by atoms with Gasteiger partial charge in [-0.25, -0.2) is 4.40 Å². The minimum absolute atomic E-state index is 0.0784. The van der Waals surface area contributed by atoms with Crippen LogP contribution in [0.25, 0.3) is 144 Å². The van der Waals surface area contributed by atoms with Gasteiger partial charge in [0.15, 0.2) is 0 Å². The van der Waals surface area contributed by atoms with Crippen LogP contribution in [0.2, 0.25) is 0 Å². The highest BCUT2D eigenvalue weighted by molar-refractivity contribution is 7.79. The zero-order chi connectivity index (χ0) is 76.6. The highest BCUT2D eigenvalue weighted by Crippen LogP contribution is 2.55. The molecule has 16 aromatic rings. The van der Waals surface area contributed by atoms with Crippen LogP contribution < -0.4 is 4.90 Å². The van der Waals surface area contributed by atoms with Gasteiger partial charge in [-0.3, -0.25) is 5.41 Å². The van der Waals surface area contributed by atoms with Crippen molar-refractivity contribution >= 4 is 63.0 Å². The van der Waals surface area contributed by atoms with Gasteiger partial charge in [0.2, 0.25) is 0 Å². The topological polar surface area (TPSA) is 44.4 Å². The van der Waals surface area contributed by atoms with E-state index in [-0.39, 0.29) is 27.4 Å². The molecule has 4 nitrogen and oxygen atoms in total. The molecule has 540 valence electrons. The summed E-state index contributed by atoms with van der Waals surface area (Å²) >= 11 is 4.73. The molecule has 0 saturated heterocycles. The maximum Gasteiger partial charge on any atom is 0.121 e. The van der Waals surface area contributed by atoms with Gasteiger partial charge in [0.25, 0.3) is 0 Å². The van der Waals surface area contributed by atoms with Crippen LogP contribution in [0, 0.1) is 5.41 Å². The van der Waals surface area contributed by atoms with Crippen LogP contribution >= 0.6 is 12.8 Å². The van der Waals surface area contributed by atoms with Crippen LogP contribution in [0.15, 0.2) is 350 Å². The quantitative estimate of drug-likeness (QED) is 0.0984. The summed E-state index contributed by atoms with van der Waals surface area (Å²) in [7, 11) is 0. The van der Waals surface area contributed by atoms with Crippen molar-refractivity contribution in [2.75, 3.05) is 4.90 Å². The van der Waals surface area contributed by atoms with E-state index in [1.165, 1.54) is 133 Å². The molecule has 5 aliphatic rings. The fraction of sp³-hybridized carbons (Fsp3) is 0.111. The third-order valence-corrected chi connectivity index (χ3v) is 26.3. The molecule has 1 aromatic heterocycles. The van der Waals surface area contributed by atoms with E-state index >= 15 is 0 Å². The van der Waals surface area contributed by atoms with E-state index in [0.717, 1.165) is 78.3 Å². The van der Waals surface area contributed by atoms with Crippen molar-refractivity contribution in [2.45, 2.75) is 77.0 Å². The average molecular weight is 1470 g/mol. The summed E-state index contributed by atoms with van der Waals surface area (Å²) in [5.41, 5.74) is 43.5. The first kappa shape index (κ1) is 68.1. The van der Waals surface area contributed by atoms with Crippen LogP contribution in [-0.2, 0) is 21.7 Å². The van der Waals surface area contributed by atoms with E-state index in [9.17, 15) is 5.41 Å². The van der Waals surface area contributed by atoms with Crippen molar-refractivity contribution in [1.29, 1.82) is 5.41 Å². The highest BCUT2D eigenvalue weighted by atomic mass is 32.1. The van der Waals surface area contributed by atoms with E-state index in [2.05, 4.69) is 405 Å². The lowest BCUT2D eigenvalue weighted by Crippen LogP contribution is -2.30. The van der Waals surface area contributed by atoms with Gasteiger partial charge in [-0.1, -0.05) is 298 Å². The summed E-state index contributed by atoms with van der Waals surface area (Å²) in [6, 6.07) is 122. The van der Waals surface area contributed by atoms with Gasteiger partial charge < -0.3 is 9.47 Å². The van der Waals surface area contributed by atoms with E-state index in [1.54, 1.807) is 0 Å². The predicted molar refractivity (Wildman–Crippen MR) is 479 cm³/mol. The van der Waals surface area contributed by atoms with Gasteiger partial charge in [0.1, 0.15) is 5.71 Å². The van der Waals surface area contributed by atoms with Gasteiger partial charge in [0, 0.05) is 55.1 Å². The highest BCUT2D eigenvalue weighted by Gasteiger charge is 2.40. The zero-order valence-corrected chi connectivity index (χ0v) is 65.5. The monoisotopic (exact) mass is 1470 g/mol. The second-order valence-corrected chi connectivity index (χ2v) is 33.8. The first-order valence-corrected chi connectivity index (χ1v) is 39.9. The van der Waals surface area contributed by atoms with Crippen molar-refractivity contribution in [3.8, 4) is 117 Å². The fourth-order valence-electron chi connectivity index (χ4n) is 19.8.